The number of rotatable bonds is 5. The SMILES string of the molecule is COc1ccc(COC2CCC(CO)CC2)cc1F. The number of methoxy groups -OCH3 is 1. The van der Waals surface area contributed by atoms with Crippen molar-refractivity contribution in [2.45, 2.75) is 38.4 Å². The molecule has 1 N–H and O–H groups in total. The van der Waals surface area contributed by atoms with E-state index in [9.17, 15) is 4.39 Å². The van der Waals surface area contributed by atoms with Crippen LogP contribution in [0.25, 0.3) is 0 Å². The molecule has 0 aliphatic heterocycles. The van der Waals surface area contributed by atoms with Gasteiger partial charge in [-0.3, -0.25) is 0 Å². The molecular weight excluding hydrogens is 247 g/mol. The molecule has 0 spiro atoms. The Morgan fingerprint density at radius 3 is 2.58 bits per heavy atom. The molecule has 0 heterocycles. The van der Waals surface area contributed by atoms with Gasteiger partial charge in [-0.2, -0.15) is 0 Å². The molecule has 0 radical (unpaired) electrons. The Labute approximate surface area is 113 Å². The fraction of sp³-hybridized carbons (Fsp3) is 0.600. The minimum Gasteiger partial charge on any atom is -0.494 e. The van der Waals surface area contributed by atoms with Crippen LogP contribution in [0.15, 0.2) is 18.2 Å². The quantitative estimate of drug-likeness (QED) is 0.892. The maximum Gasteiger partial charge on any atom is 0.165 e. The maximum absolute atomic E-state index is 13.5. The van der Waals surface area contributed by atoms with E-state index < -0.39 is 0 Å². The summed E-state index contributed by atoms with van der Waals surface area (Å²) in [6, 6.07) is 4.90. The molecule has 4 heteroatoms. The smallest absolute Gasteiger partial charge is 0.165 e. The van der Waals surface area contributed by atoms with Crippen LogP contribution in [0.4, 0.5) is 4.39 Å². The lowest BCUT2D eigenvalue weighted by Crippen LogP contribution is -2.23. The molecule has 1 fully saturated rings. The van der Waals surface area contributed by atoms with Gasteiger partial charge in [0.1, 0.15) is 0 Å². The van der Waals surface area contributed by atoms with Crippen LogP contribution < -0.4 is 4.74 Å². The highest BCUT2D eigenvalue weighted by molar-refractivity contribution is 5.28. The van der Waals surface area contributed by atoms with Crippen LogP contribution in [-0.4, -0.2) is 24.9 Å². The third kappa shape index (κ3) is 3.91. The van der Waals surface area contributed by atoms with Crippen molar-refractivity contribution in [1.29, 1.82) is 0 Å². The van der Waals surface area contributed by atoms with Crippen molar-refractivity contribution in [1.82, 2.24) is 0 Å². The van der Waals surface area contributed by atoms with Gasteiger partial charge in [-0.05, 0) is 49.3 Å². The zero-order valence-electron chi connectivity index (χ0n) is 11.3. The van der Waals surface area contributed by atoms with Crippen LogP contribution in [-0.2, 0) is 11.3 Å². The molecule has 2 rings (SSSR count). The van der Waals surface area contributed by atoms with E-state index >= 15 is 0 Å². The van der Waals surface area contributed by atoms with E-state index in [1.54, 1.807) is 6.07 Å². The molecule has 0 amide bonds. The van der Waals surface area contributed by atoms with Gasteiger partial charge in [-0.1, -0.05) is 6.07 Å². The molecule has 1 aliphatic rings. The van der Waals surface area contributed by atoms with Crippen molar-refractivity contribution < 1.29 is 19.0 Å². The Bertz CT molecular complexity index is 400. The fourth-order valence-corrected chi connectivity index (χ4v) is 2.49. The van der Waals surface area contributed by atoms with Gasteiger partial charge in [0.25, 0.3) is 0 Å². The normalized spacial score (nSPS) is 23.3. The molecule has 0 saturated heterocycles. The topological polar surface area (TPSA) is 38.7 Å². The first-order valence-corrected chi connectivity index (χ1v) is 6.77. The second-order valence-electron chi connectivity index (χ2n) is 5.11. The van der Waals surface area contributed by atoms with Gasteiger partial charge in [0.2, 0.25) is 0 Å². The van der Waals surface area contributed by atoms with E-state index in [2.05, 4.69) is 0 Å². The first-order valence-electron chi connectivity index (χ1n) is 6.77. The van der Waals surface area contributed by atoms with Gasteiger partial charge in [0, 0.05) is 6.61 Å². The lowest BCUT2D eigenvalue weighted by atomic mass is 9.88. The van der Waals surface area contributed by atoms with Crippen molar-refractivity contribution in [3.63, 3.8) is 0 Å². The number of benzene rings is 1. The van der Waals surface area contributed by atoms with E-state index in [0.29, 0.717) is 12.5 Å². The van der Waals surface area contributed by atoms with Crippen molar-refractivity contribution >= 4 is 0 Å². The van der Waals surface area contributed by atoms with Crippen molar-refractivity contribution in [3.05, 3.63) is 29.6 Å². The fourth-order valence-electron chi connectivity index (χ4n) is 2.49. The molecule has 0 aromatic heterocycles. The van der Waals surface area contributed by atoms with Crippen molar-refractivity contribution in [2.24, 2.45) is 5.92 Å². The van der Waals surface area contributed by atoms with Gasteiger partial charge in [0.15, 0.2) is 11.6 Å². The summed E-state index contributed by atoms with van der Waals surface area (Å²) >= 11 is 0. The van der Waals surface area contributed by atoms with Gasteiger partial charge in [0.05, 0.1) is 19.8 Å². The van der Waals surface area contributed by atoms with E-state index in [1.165, 1.54) is 13.2 Å². The van der Waals surface area contributed by atoms with Crippen molar-refractivity contribution in [2.75, 3.05) is 13.7 Å². The highest BCUT2D eigenvalue weighted by Gasteiger charge is 2.21. The average molecular weight is 268 g/mol. The van der Waals surface area contributed by atoms with Gasteiger partial charge >= 0.3 is 0 Å². The van der Waals surface area contributed by atoms with Crippen LogP contribution in [0.2, 0.25) is 0 Å². The number of halogens is 1. The minimum absolute atomic E-state index is 0.230. The van der Waals surface area contributed by atoms with Crippen LogP contribution in [0.1, 0.15) is 31.2 Å². The third-order valence-electron chi connectivity index (χ3n) is 3.75. The van der Waals surface area contributed by atoms with Crippen LogP contribution >= 0.6 is 0 Å². The van der Waals surface area contributed by atoms with Gasteiger partial charge in [-0.15, -0.1) is 0 Å². The molecule has 1 saturated carbocycles. The van der Waals surface area contributed by atoms with E-state index in [-0.39, 0.29) is 24.3 Å². The number of aliphatic hydroxyl groups is 1. The van der Waals surface area contributed by atoms with Gasteiger partial charge < -0.3 is 14.6 Å². The second-order valence-corrected chi connectivity index (χ2v) is 5.11. The summed E-state index contributed by atoms with van der Waals surface area (Å²) in [5, 5.41) is 9.07. The number of aliphatic hydroxyl groups excluding tert-OH is 1. The first-order chi connectivity index (χ1) is 9.22. The molecule has 3 nitrogen and oxygen atoms in total. The standard InChI is InChI=1S/C15H21FO3/c1-18-15-7-4-12(8-14(15)16)10-19-13-5-2-11(9-17)3-6-13/h4,7-8,11,13,17H,2-3,5-6,9-10H2,1H3. The highest BCUT2D eigenvalue weighted by atomic mass is 19.1. The van der Waals surface area contributed by atoms with E-state index in [1.807, 2.05) is 6.07 Å². The monoisotopic (exact) mass is 268 g/mol. The Kier molecular flexibility index (Phi) is 5.16. The minimum atomic E-state index is -0.354. The Hall–Kier alpha value is -1.13. The summed E-state index contributed by atoms with van der Waals surface area (Å²) < 4.78 is 24.2. The lowest BCUT2D eigenvalue weighted by molar-refractivity contribution is 0.00110. The molecule has 19 heavy (non-hydrogen) atoms. The molecule has 106 valence electrons. The molecule has 1 aliphatic carbocycles. The van der Waals surface area contributed by atoms with Crippen LogP contribution in [0, 0.1) is 11.7 Å². The maximum atomic E-state index is 13.5. The molecule has 0 bridgehead atoms. The largest absolute Gasteiger partial charge is 0.494 e. The zero-order chi connectivity index (χ0) is 13.7. The van der Waals surface area contributed by atoms with Crippen LogP contribution in [0.5, 0.6) is 5.75 Å². The summed E-state index contributed by atoms with van der Waals surface area (Å²) in [6.07, 6.45) is 4.21. The molecular formula is C15H21FO3. The Balaban J connectivity index is 1.81. The summed E-state index contributed by atoms with van der Waals surface area (Å²) in [6.45, 7) is 0.700. The third-order valence-corrected chi connectivity index (χ3v) is 3.75. The summed E-state index contributed by atoms with van der Waals surface area (Å²) in [5.74, 6) is 0.332. The van der Waals surface area contributed by atoms with E-state index in [0.717, 1.165) is 31.2 Å². The second kappa shape index (κ2) is 6.87. The lowest BCUT2D eigenvalue weighted by Gasteiger charge is -2.27. The summed E-state index contributed by atoms with van der Waals surface area (Å²) in [7, 11) is 1.45. The summed E-state index contributed by atoms with van der Waals surface area (Å²) in [4.78, 5) is 0. The van der Waals surface area contributed by atoms with Crippen LogP contribution in [0.3, 0.4) is 0 Å². The molecule has 1 aromatic rings. The predicted molar refractivity (Wildman–Crippen MR) is 70.6 cm³/mol. The zero-order valence-corrected chi connectivity index (χ0v) is 11.3. The molecule has 0 unspecified atom stereocenters. The summed E-state index contributed by atoms with van der Waals surface area (Å²) in [5.41, 5.74) is 0.822. The first kappa shape index (κ1) is 14.3. The van der Waals surface area contributed by atoms with Crippen molar-refractivity contribution in [3.8, 4) is 5.75 Å². The average Bonchev–Trinajstić information content (AvgIpc) is 2.46. The van der Waals surface area contributed by atoms with E-state index in [4.69, 9.17) is 14.6 Å². The highest BCUT2D eigenvalue weighted by Crippen LogP contribution is 2.26. The number of hydrogen-bond donors (Lipinski definition) is 1. The number of hydrogen-bond acceptors (Lipinski definition) is 3. The molecule has 0 atom stereocenters. The predicted octanol–water partition coefficient (Wildman–Crippen LogP) is 2.90. The Morgan fingerprint density at radius 1 is 1.26 bits per heavy atom. The molecule has 1 aromatic carbocycles. The van der Waals surface area contributed by atoms with Gasteiger partial charge in [-0.25, -0.2) is 4.39 Å². The Morgan fingerprint density at radius 2 is 2.00 bits per heavy atom. The number of ether oxygens (including phenoxy) is 2.